The second kappa shape index (κ2) is 9.41. The third-order valence-corrected chi connectivity index (χ3v) is 4.23. The smallest absolute Gasteiger partial charge is 0.338 e. The first-order chi connectivity index (χ1) is 14.0. The Kier molecular flexibility index (Phi) is 6.47. The number of ketones is 1. The fraction of sp³-hybridized carbons (Fsp3) is 0.190. The average Bonchev–Trinajstić information content (AvgIpc) is 3.27. The van der Waals surface area contributed by atoms with Gasteiger partial charge in [-0.05, 0) is 43.2 Å². The number of hydrogen-bond donors (Lipinski definition) is 1. The van der Waals surface area contributed by atoms with Crippen molar-refractivity contribution in [3.05, 3.63) is 78.4 Å². The highest BCUT2D eigenvalue weighted by atomic mass is 16.5. The molecule has 0 saturated carbocycles. The van der Waals surface area contributed by atoms with Gasteiger partial charge < -0.3 is 10.1 Å². The molecule has 148 valence electrons. The molecule has 1 atom stereocenters. The molecule has 3 rings (SSSR count). The first kappa shape index (κ1) is 19.9. The van der Waals surface area contributed by atoms with Crippen molar-refractivity contribution in [2.24, 2.45) is 0 Å². The lowest BCUT2D eigenvalue weighted by molar-refractivity contribution is -0.128. The molecule has 0 spiro atoms. The summed E-state index contributed by atoms with van der Waals surface area (Å²) in [6, 6.07) is 15.2. The number of nitrogens with one attached hydrogen (secondary N) is 1. The van der Waals surface area contributed by atoms with Crippen LogP contribution in [0.5, 0.6) is 0 Å². The highest BCUT2D eigenvalue weighted by molar-refractivity contribution is 5.92. The monoisotopic (exact) mass is 392 g/mol. The molecule has 8 nitrogen and oxygen atoms in total. The summed E-state index contributed by atoms with van der Waals surface area (Å²) in [6.07, 6.45) is 3.32. The second-order valence-corrected chi connectivity index (χ2v) is 6.38. The van der Waals surface area contributed by atoms with Gasteiger partial charge in [-0.1, -0.05) is 30.3 Å². The summed E-state index contributed by atoms with van der Waals surface area (Å²) in [4.78, 5) is 40.0. The van der Waals surface area contributed by atoms with Gasteiger partial charge in [0, 0.05) is 0 Å². The Balaban J connectivity index is 1.52. The number of ether oxygens (including phenoxy) is 1. The predicted molar refractivity (Wildman–Crippen MR) is 104 cm³/mol. The van der Waals surface area contributed by atoms with E-state index in [-0.39, 0.29) is 5.78 Å². The minimum absolute atomic E-state index is 0.169. The van der Waals surface area contributed by atoms with Crippen LogP contribution in [0.15, 0.2) is 67.3 Å². The summed E-state index contributed by atoms with van der Waals surface area (Å²) in [7, 11) is 0. The van der Waals surface area contributed by atoms with Crippen LogP contribution in [0.1, 0.15) is 22.8 Å². The number of benzene rings is 2. The molecule has 0 bridgehead atoms. The number of rotatable bonds is 8. The van der Waals surface area contributed by atoms with Gasteiger partial charge in [0.15, 0.2) is 12.4 Å². The molecule has 2 aromatic carbocycles. The minimum atomic E-state index is -0.675. The third kappa shape index (κ3) is 5.58. The normalized spacial score (nSPS) is 11.5. The van der Waals surface area contributed by atoms with Crippen molar-refractivity contribution in [1.82, 2.24) is 20.1 Å². The van der Waals surface area contributed by atoms with E-state index in [1.54, 1.807) is 35.3 Å². The summed E-state index contributed by atoms with van der Waals surface area (Å²) >= 11 is 0. The molecule has 1 N–H and O–H groups in total. The summed E-state index contributed by atoms with van der Waals surface area (Å²) in [5.74, 6) is -1.33. The maximum absolute atomic E-state index is 12.2. The molecule has 3 aromatic rings. The number of hydrogen-bond acceptors (Lipinski definition) is 6. The molecule has 0 fully saturated rings. The molecule has 0 aliphatic rings. The van der Waals surface area contributed by atoms with Crippen LogP contribution in [-0.2, 0) is 20.7 Å². The Bertz CT molecular complexity index is 970. The Morgan fingerprint density at radius 1 is 1.07 bits per heavy atom. The second-order valence-electron chi connectivity index (χ2n) is 6.38. The standard InChI is InChI=1S/C21H20N4O4/c1-15(26)19(11-16-5-3-2-4-6-16)24-20(27)12-29-21(28)17-7-9-18(10-8-17)25-14-22-13-23-25/h2-10,13-14,19H,11-12H2,1H3,(H,24,27)/t19-/m0/s1. The van der Waals surface area contributed by atoms with Crippen LogP contribution in [0, 0.1) is 0 Å². The lowest BCUT2D eigenvalue weighted by Crippen LogP contribution is -2.43. The van der Waals surface area contributed by atoms with E-state index in [9.17, 15) is 14.4 Å². The van der Waals surface area contributed by atoms with E-state index in [4.69, 9.17) is 4.74 Å². The first-order valence-electron chi connectivity index (χ1n) is 8.99. The van der Waals surface area contributed by atoms with Gasteiger partial charge in [0.25, 0.3) is 5.91 Å². The first-order valence-corrected chi connectivity index (χ1v) is 8.99. The highest BCUT2D eigenvalue weighted by Gasteiger charge is 2.19. The van der Waals surface area contributed by atoms with E-state index in [0.29, 0.717) is 12.0 Å². The van der Waals surface area contributed by atoms with Crippen molar-refractivity contribution in [2.45, 2.75) is 19.4 Å². The van der Waals surface area contributed by atoms with Crippen molar-refractivity contribution in [3.8, 4) is 5.69 Å². The van der Waals surface area contributed by atoms with Crippen molar-refractivity contribution in [3.63, 3.8) is 0 Å². The molecule has 1 heterocycles. The molecule has 8 heteroatoms. The number of aromatic nitrogens is 3. The summed E-state index contributed by atoms with van der Waals surface area (Å²) in [5, 5.41) is 6.62. The van der Waals surface area contributed by atoms with Crippen molar-refractivity contribution in [1.29, 1.82) is 0 Å². The highest BCUT2D eigenvalue weighted by Crippen LogP contribution is 2.09. The number of amides is 1. The van der Waals surface area contributed by atoms with E-state index in [0.717, 1.165) is 11.3 Å². The quantitative estimate of drug-likeness (QED) is 0.586. The van der Waals surface area contributed by atoms with E-state index < -0.39 is 24.5 Å². The minimum Gasteiger partial charge on any atom is -0.452 e. The number of carbonyl (C=O) groups is 3. The summed E-state index contributed by atoms with van der Waals surface area (Å²) in [6.45, 7) is 0.943. The lowest BCUT2D eigenvalue weighted by Gasteiger charge is -2.16. The van der Waals surface area contributed by atoms with Crippen LogP contribution in [0.4, 0.5) is 0 Å². The molecular weight excluding hydrogens is 372 g/mol. The molecule has 0 aliphatic heterocycles. The Morgan fingerprint density at radius 3 is 2.41 bits per heavy atom. The van der Waals surface area contributed by atoms with Crippen molar-refractivity contribution >= 4 is 17.7 Å². The van der Waals surface area contributed by atoms with Gasteiger partial charge in [0.2, 0.25) is 0 Å². The lowest BCUT2D eigenvalue weighted by atomic mass is 10.0. The van der Waals surface area contributed by atoms with E-state index in [2.05, 4.69) is 15.4 Å². The van der Waals surface area contributed by atoms with Crippen molar-refractivity contribution < 1.29 is 19.1 Å². The average molecular weight is 392 g/mol. The van der Waals surface area contributed by atoms with Gasteiger partial charge >= 0.3 is 5.97 Å². The van der Waals surface area contributed by atoms with Crippen LogP contribution in [0.25, 0.3) is 5.69 Å². The van der Waals surface area contributed by atoms with Crippen LogP contribution in [0.3, 0.4) is 0 Å². The number of carbonyl (C=O) groups excluding carboxylic acids is 3. The maximum atomic E-state index is 12.2. The van der Waals surface area contributed by atoms with Gasteiger partial charge in [-0.3, -0.25) is 9.59 Å². The maximum Gasteiger partial charge on any atom is 0.338 e. The van der Waals surface area contributed by atoms with Crippen LogP contribution in [0.2, 0.25) is 0 Å². The van der Waals surface area contributed by atoms with E-state index in [1.165, 1.54) is 13.3 Å². The molecule has 0 radical (unpaired) electrons. The van der Waals surface area contributed by atoms with Gasteiger partial charge in [0.1, 0.15) is 12.7 Å². The molecule has 1 amide bonds. The molecule has 0 aliphatic carbocycles. The predicted octanol–water partition coefficient (Wildman–Crippen LogP) is 1.74. The van der Waals surface area contributed by atoms with Gasteiger partial charge in [0.05, 0.1) is 17.3 Å². The Hall–Kier alpha value is -3.81. The van der Waals surface area contributed by atoms with Crippen LogP contribution in [-0.4, -0.2) is 45.1 Å². The van der Waals surface area contributed by atoms with Crippen LogP contribution < -0.4 is 5.32 Å². The Morgan fingerprint density at radius 2 is 1.79 bits per heavy atom. The number of esters is 1. The molecule has 0 unspecified atom stereocenters. The zero-order chi connectivity index (χ0) is 20.6. The zero-order valence-corrected chi connectivity index (χ0v) is 15.8. The number of nitrogens with zero attached hydrogens (tertiary/aromatic N) is 3. The van der Waals surface area contributed by atoms with Gasteiger partial charge in [-0.25, -0.2) is 14.5 Å². The molecule has 29 heavy (non-hydrogen) atoms. The Labute approximate surface area is 167 Å². The molecule has 1 aromatic heterocycles. The van der Waals surface area contributed by atoms with Crippen molar-refractivity contribution in [2.75, 3.05) is 6.61 Å². The van der Waals surface area contributed by atoms with Crippen LogP contribution >= 0.6 is 0 Å². The van der Waals surface area contributed by atoms with Gasteiger partial charge in [-0.15, -0.1) is 0 Å². The third-order valence-electron chi connectivity index (χ3n) is 4.23. The largest absolute Gasteiger partial charge is 0.452 e. The molecule has 0 saturated heterocycles. The molecular formula is C21H20N4O4. The van der Waals surface area contributed by atoms with E-state index in [1.807, 2.05) is 30.3 Å². The fourth-order valence-corrected chi connectivity index (χ4v) is 2.69. The summed E-state index contributed by atoms with van der Waals surface area (Å²) in [5.41, 5.74) is 1.97. The van der Waals surface area contributed by atoms with E-state index >= 15 is 0 Å². The fourth-order valence-electron chi connectivity index (χ4n) is 2.69. The topological polar surface area (TPSA) is 103 Å². The summed E-state index contributed by atoms with van der Waals surface area (Å²) < 4.78 is 6.61. The zero-order valence-electron chi connectivity index (χ0n) is 15.8. The SMILES string of the molecule is CC(=O)[C@H](Cc1ccccc1)NC(=O)COC(=O)c1ccc(-n2cncn2)cc1. The van der Waals surface area contributed by atoms with Gasteiger partial charge in [-0.2, -0.15) is 5.10 Å². The number of Topliss-reactive ketones (excluding diaryl/α,β-unsaturated/α-hetero) is 1.